The summed E-state index contributed by atoms with van der Waals surface area (Å²) in [4.78, 5) is 6.86. The van der Waals surface area contributed by atoms with Crippen LogP contribution in [-0.2, 0) is 6.54 Å². The van der Waals surface area contributed by atoms with E-state index in [0.29, 0.717) is 6.54 Å². The highest BCUT2D eigenvalue weighted by Crippen LogP contribution is 2.40. The van der Waals surface area contributed by atoms with Gasteiger partial charge < -0.3 is 10.6 Å². The molecule has 3 rings (SSSR count). The molecule has 1 aliphatic rings. The van der Waals surface area contributed by atoms with Crippen LogP contribution in [0.4, 0.5) is 5.69 Å². The van der Waals surface area contributed by atoms with Gasteiger partial charge in [0.25, 0.3) is 0 Å². The molecular formula is C16H21N3. The van der Waals surface area contributed by atoms with Gasteiger partial charge in [0, 0.05) is 37.3 Å². The Balaban J connectivity index is 2.03. The molecule has 100 valence electrons. The van der Waals surface area contributed by atoms with Crippen molar-refractivity contribution in [2.45, 2.75) is 19.9 Å². The second-order valence-electron chi connectivity index (χ2n) is 5.71. The van der Waals surface area contributed by atoms with E-state index in [-0.39, 0.29) is 0 Å². The molecule has 0 bridgehead atoms. The number of anilines is 1. The normalized spacial score (nSPS) is 21.6. The van der Waals surface area contributed by atoms with Gasteiger partial charge in [0.2, 0.25) is 0 Å². The van der Waals surface area contributed by atoms with Crippen LogP contribution in [0, 0.1) is 11.8 Å². The lowest BCUT2D eigenvalue weighted by atomic mass is 10.1. The number of benzene rings is 1. The molecule has 1 aromatic carbocycles. The average Bonchev–Trinajstić information content (AvgIpc) is 3.12. The average molecular weight is 255 g/mol. The predicted octanol–water partition coefficient (Wildman–Crippen LogP) is 2.79. The van der Waals surface area contributed by atoms with Crippen LogP contribution in [0.2, 0.25) is 0 Å². The topological polar surface area (TPSA) is 42.1 Å². The molecule has 2 atom stereocenters. The second-order valence-corrected chi connectivity index (χ2v) is 5.71. The molecule has 2 N–H and O–H groups in total. The van der Waals surface area contributed by atoms with Gasteiger partial charge in [-0.05, 0) is 24.3 Å². The maximum atomic E-state index is 5.89. The Morgan fingerprint density at radius 1 is 1.37 bits per heavy atom. The van der Waals surface area contributed by atoms with Crippen molar-refractivity contribution in [3.05, 3.63) is 36.0 Å². The Morgan fingerprint density at radius 2 is 2.11 bits per heavy atom. The van der Waals surface area contributed by atoms with E-state index in [9.17, 15) is 0 Å². The Labute approximate surface area is 114 Å². The summed E-state index contributed by atoms with van der Waals surface area (Å²) in [5.74, 6) is 1.71. The minimum atomic E-state index is 0.539. The SMILES string of the molecule is CC1CC1CN(C)c1c(CN)cnc2ccccc12. The summed E-state index contributed by atoms with van der Waals surface area (Å²) in [6.07, 6.45) is 3.27. The van der Waals surface area contributed by atoms with Gasteiger partial charge in [0.05, 0.1) is 11.2 Å². The number of nitrogens with two attached hydrogens (primary N) is 1. The molecule has 1 saturated carbocycles. The van der Waals surface area contributed by atoms with Crippen molar-refractivity contribution in [2.75, 3.05) is 18.5 Å². The zero-order valence-electron chi connectivity index (χ0n) is 11.6. The highest BCUT2D eigenvalue weighted by molar-refractivity contribution is 5.93. The van der Waals surface area contributed by atoms with Gasteiger partial charge in [0.15, 0.2) is 0 Å². The summed E-state index contributed by atoms with van der Waals surface area (Å²) >= 11 is 0. The minimum Gasteiger partial charge on any atom is -0.373 e. The molecule has 1 aromatic heterocycles. The lowest BCUT2D eigenvalue weighted by Crippen LogP contribution is -2.23. The van der Waals surface area contributed by atoms with Crippen molar-refractivity contribution >= 4 is 16.6 Å². The lowest BCUT2D eigenvalue weighted by molar-refractivity contribution is 0.724. The number of aromatic nitrogens is 1. The van der Waals surface area contributed by atoms with Crippen LogP contribution in [0.15, 0.2) is 30.5 Å². The van der Waals surface area contributed by atoms with Gasteiger partial charge in [-0.2, -0.15) is 0 Å². The number of para-hydroxylation sites is 1. The predicted molar refractivity (Wildman–Crippen MR) is 80.2 cm³/mol. The Hall–Kier alpha value is -1.61. The van der Waals surface area contributed by atoms with Gasteiger partial charge in [-0.3, -0.25) is 4.98 Å². The van der Waals surface area contributed by atoms with Crippen LogP contribution in [0.3, 0.4) is 0 Å². The molecule has 1 aliphatic carbocycles. The Morgan fingerprint density at radius 3 is 2.79 bits per heavy atom. The van der Waals surface area contributed by atoms with Crippen molar-refractivity contribution in [1.29, 1.82) is 0 Å². The smallest absolute Gasteiger partial charge is 0.0723 e. The summed E-state index contributed by atoms with van der Waals surface area (Å²) in [6.45, 7) is 3.98. The molecule has 1 fully saturated rings. The number of pyridine rings is 1. The third-order valence-corrected chi connectivity index (χ3v) is 4.21. The molecule has 2 aromatic rings. The van der Waals surface area contributed by atoms with Gasteiger partial charge >= 0.3 is 0 Å². The summed E-state index contributed by atoms with van der Waals surface area (Å²) in [6, 6.07) is 8.31. The van der Waals surface area contributed by atoms with E-state index in [1.807, 2.05) is 12.3 Å². The van der Waals surface area contributed by atoms with E-state index in [2.05, 4.69) is 42.1 Å². The first-order valence-electron chi connectivity index (χ1n) is 6.98. The Kier molecular flexibility index (Phi) is 3.15. The lowest BCUT2D eigenvalue weighted by Gasteiger charge is -2.24. The molecular weight excluding hydrogens is 234 g/mol. The molecule has 0 radical (unpaired) electrons. The van der Waals surface area contributed by atoms with Crippen LogP contribution in [0.5, 0.6) is 0 Å². The van der Waals surface area contributed by atoms with Gasteiger partial charge in [-0.15, -0.1) is 0 Å². The van der Waals surface area contributed by atoms with Crippen molar-refractivity contribution in [3.63, 3.8) is 0 Å². The molecule has 0 saturated heterocycles. The van der Waals surface area contributed by atoms with Crippen molar-refractivity contribution in [1.82, 2.24) is 4.98 Å². The maximum Gasteiger partial charge on any atom is 0.0723 e. The second kappa shape index (κ2) is 4.82. The number of nitrogens with zero attached hydrogens (tertiary/aromatic N) is 2. The van der Waals surface area contributed by atoms with E-state index < -0.39 is 0 Å². The van der Waals surface area contributed by atoms with Gasteiger partial charge in [-0.25, -0.2) is 0 Å². The van der Waals surface area contributed by atoms with E-state index in [4.69, 9.17) is 5.73 Å². The third kappa shape index (κ3) is 2.30. The molecule has 0 aliphatic heterocycles. The standard InChI is InChI=1S/C16H21N3/c1-11-7-12(11)10-19(2)16-13(8-17)9-18-15-6-4-3-5-14(15)16/h3-6,9,11-12H,7-8,10,17H2,1-2H3. The van der Waals surface area contributed by atoms with Crippen LogP contribution in [-0.4, -0.2) is 18.6 Å². The zero-order chi connectivity index (χ0) is 13.4. The monoisotopic (exact) mass is 255 g/mol. The fourth-order valence-electron chi connectivity index (χ4n) is 2.86. The van der Waals surface area contributed by atoms with Crippen LogP contribution >= 0.6 is 0 Å². The van der Waals surface area contributed by atoms with E-state index >= 15 is 0 Å². The number of rotatable bonds is 4. The highest BCUT2D eigenvalue weighted by atomic mass is 15.1. The van der Waals surface area contributed by atoms with Crippen LogP contribution in [0.1, 0.15) is 18.9 Å². The summed E-state index contributed by atoms with van der Waals surface area (Å²) in [5, 5.41) is 1.21. The molecule has 1 heterocycles. The van der Waals surface area contributed by atoms with Crippen molar-refractivity contribution in [2.24, 2.45) is 17.6 Å². The molecule has 0 spiro atoms. The van der Waals surface area contributed by atoms with Crippen molar-refractivity contribution < 1.29 is 0 Å². The Bertz CT molecular complexity index is 594. The molecule has 19 heavy (non-hydrogen) atoms. The van der Waals surface area contributed by atoms with E-state index in [1.165, 1.54) is 17.5 Å². The van der Waals surface area contributed by atoms with Crippen LogP contribution < -0.4 is 10.6 Å². The maximum absolute atomic E-state index is 5.89. The van der Waals surface area contributed by atoms with Crippen molar-refractivity contribution in [3.8, 4) is 0 Å². The quantitative estimate of drug-likeness (QED) is 0.913. The molecule has 0 amide bonds. The van der Waals surface area contributed by atoms with Gasteiger partial charge in [-0.1, -0.05) is 25.1 Å². The number of fused-ring (bicyclic) bond motifs is 1. The summed E-state index contributed by atoms with van der Waals surface area (Å²) < 4.78 is 0. The van der Waals surface area contributed by atoms with Crippen LogP contribution in [0.25, 0.3) is 10.9 Å². The first-order chi connectivity index (χ1) is 9.20. The van der Waals surface area contributed by atoms with E-state index in [0.717, 1.165) is 29.5 Å². The fourth-order valence-corrected chi connectivity index (χ4v) is 2.86. The fraction of sp³-hybridized carbons (Fsp3) is 0.438. The van der Waals surface area contributed by atoms with Gasteiger partial charge in [0.1, 0.15) is 0 Å². The van der Waals surface area contributed by atoms with E-state index in [1.54, 1.807) is 0 Å². The highest BCUT2D eigenvalue weighted by Gasteiger charge is 2.33. The third-order valence-electron chi connectivity index (χ3n) is 4.21. The number of hydrogen-bond acceptors (Lipinski definition) is 3. The summed E-state index contributed by atoms with van der Waals surface area (Å²) in [5.41, 5.74) is 9.32. The molecule has 3 nitrogen and oxygen atoms in total. The zero-order valence-corrected chi connectivity index (χ0v) is 11.6. The first kappa shape index (κ1) is 12.4. The number of hydrogen-bond donors (Lipinski definition) is 1. The summed E-state index contributed by atoms with van der Waals surface area (Å²) in [7, 11) is 2.17. The largest absolute Gasteiger partial charge is 0.373 e. The minimum absolute atomic E-state index is 0.539. The molecule has 2 unspecified atom stereocenters. The first-order valence-corrected chi connectivity index (χ1v) is 6.98. The molecule has 3 heteroatoms.